The van der Waals surface area contributed by atoms with E-state index >= 15 is 0 Å². The summed E-state index contributed by atoms with van der Waals surface area (Å²) in [6.07, 6.45) is 4.01. The molecule has 1 aromatic carbocycles. The summed E-state index contributed by atoms with van der Waals surface area (Å²) in [6.45, 7) is 8.55. The normalized spacial score (nSPS) is 24.6. The number of likely N-dealkylation sites (tertiary alicyclic amines) is 1. The standard InChI is InChI=1S/C16H23IN2/c1-13-3-2-7-19(13)10-9-18-8-6-14-11-16(17)5-4-15(14)12-18/h4-5,11,13H,2-3,6-10,12H2,1H3. The second-order valence-corrected chi connectivity index (χ2v) is 7.21. The van der Waals surface area contributed by atoms with Crippen molar-refractivity contribution < 1.29 is 0 Å². The minimum absolute atomic E-state index is 0.804. The van der Waals surface area contributed by atoms with E-state index < -0.39 is 0 Å². The molecule has 0 spiro atoms. The van der Waals surface area contributed by atoms with Crippen LogP contribution in [0.15, 0.2) is 18.2 Å². The predicted octanol–water partition coefficient (Wildman–Crippen LogP) is 3.13. The van der Waals surface area contributed by atoms with Gasteiger partial charge in [-0.2, -0.15) is 0 Å². The summed E-state index contributed by atoms with van der Waals surface area (Å²) in [5.74, 6) is 0. The molecular weight excluding hydrogens is 347 g/mol. The molecule has 3 heteroatoms. The van der Waals surface area contributed by atoms with Gasteiger partial charge in [-0.1, -0.05) is 6.07 Å². The molecule has 104 valence electrons. The van der Waals surface area contributed by atoms with E-state index in [9.17, 15) is 0 Å². The lowest BCUT2D eigenvalue weighted by Gasteiger charge is -2.31. The molecule has 1 atom stereocenters. The molecule has 2 aliphatic rings. The molecule has 1 fully saturated rings. The Bertz CT molecular complexity index is 446. The van der Waals surface area contributed by atoms with E-state index in [1.807, 2.05) is 0 Å². The molecule has 0 N–H and O–H groups in total. The van der Waals surface area contributed by atoms with Crippen LogP contribution in [0.2, 0.25) is 0 Å². The zero-order valence-corrected chi connectivity index (χ0v) is 13.9. The van der Waals surface area contributed by atoms with Gasteiger partial charge in [-0.15, -0.1) is 0 Å². The highest BCUT2D eigenvalue weighted by Crippen LogP contribution is 2.22. The quantitative estimate of drug-likeness (QED) is 0.755. The molecule has 0 radical (unpaired) electrons. The van der Waals surface area contributed by atoms with Crippen LogP contribution in [0.3, 0.4) is 0 Å². The Balaban J connectivity index is 1.55. The van der Waals surface area contributed by atoms with E-state index in [1.54, 1.807) is 11.1 Å². The van der Waals surface area contributed by atoms with E-state index in [0.717, 1.165) is 12.6 Å². The molecule has 0 aliphatic carbocycles. The minimum Gasteiger partial charge on any atom is -0.299 e. The van der Waals surface area contributed by atoms with Crippen LogP contribution < -0.4 is 0 Å². The van der Waals surface area contributed by atoms with Crippen molar-refractivity contribution in [2.75, 3.05) is 26.2 Å². The van der Waals surface area contributed by atoms with Gasteiger partial charge in [0.1, 0.15) is 0 Å². The Kier molecular flexibility index (Phi) is 4.44. The Morgan fingerprint density at radius 2 is 2.11 bits per heavy atom. The third kappa shape index (κ3) is 3.31. The molecule has 3 rings (SSSR count). The van der Waals surface area contributed by atoms with E-state index in [2.05, 4.69) is 57.5 Å². The molecule has 0 amide bonds. The van der Waals surface area contributed by atoms with Crippen LogP contribution >= 0.6 is 22.6 Å². The maximum Gasteiger partial charge on any atom is 0.0237 e. The van der Waals surface area contributed by atoms with E-state index in [1.165, 1.54) is 49.0 Å². The molecule has 0 saturated carbocycles. The number of rotatable bonds is 3. The molecule has 2 heterocycles. The highest BCUT2D eigenvalue weighted by atomic mass is 127. The Morgan fingerprint density at radius 1 is 1.21 bits per heavy atom. The van der Waals surface area contributed by atoms with Gasteiger partial charge in [0, 0.05) is 35.8 Å². The lowest BCUT2D eigenvalue weighted by Crippen LogP contribution is -2.39. The second-order valence-electron chi connectivity index (χ2n) is 5.97. The lowest BCUT2D eigenvalue weighted by atomic mass is 10.00. The van der Waals surface area contributed by atoms with Crippen molar-refractivity contribution in [3.63, 3.8) is 0 Å². The topological polar surface area (TPSA) is 6.48 Å². The van der Waals surface area contributed by atoms with Gasteiger partial charge in [0.2, 0.25) is 0 Å². The zero-order valence-electron chi connectivity index (χ0n) is 11.7. The van der Waals surface area contributed by atoms with Gasteiger partial charge in [0.15, 0.2) is 0 Å². The average molecular weight is 370 g/mol. The number of hydrogen-bond acceptors (Lipinski definition) is 2. The van der Waals surface area contributed by atoms with Gasteiger partial charge in [0.25, 0.3) is 0 Å². The van der Waals surface area contributed by atoms with Crippen molar-refractivity contribution >= 4 is 22.6 Å². The summed E-state index contributed by atoms with van der Waals surface area (Å²) in [6, 6.07) is 7.72. The zero-order chi connectivity index (χ0) is 13.2. The molecule has 1 aromatic rings. The van der Waals surface area contributed by atoms with Crippen molar-refractivity contribution in [2.45, 2.75) is 38.8 Å². The summed E-state index contributed by atoms with van der Waals surface area (Å²) in [4.78, 5) is 5.28. The Labute approximate surface area is 130 Å². The molecule has 1 saturated heterocycles. The summed E-state index contributed by atoms with van der Waals surface area (Å²) in [5.41, 5.74) is 3.11. The first-order valence-electron chi connectivity index (χ1n) is 7.46. The number of halogens is 1. The van der Waals surface area contributed by atoms with E-state index in [-0.39, 0.29) is 0 Å². The maximum absolute atomic E-state index is 2.66. The first-order valence-corrected chi connectivity index (χ1v) is 8.54. The fourth-order valence-corrected chi connectivity index (χ4v) is 3.92. The van der Waals surface area contributed by atoms with Gasteiger partial charge >= 0.3 is 0 Å². The van der Waals surface area contributed by atoms with Gasteiger partial charge in [-0.25, -0.2) is 0 Å². The van der Waals surface area contributed by atoms with Crippen LogP contribution in [-0.2, 0) is 13.0 Å². The number of fused-ring (bicyclic) bond motifs is 1. The fraction of sp³-hybridized carbons (Fsp3) is 0.625. The SMILES string of the molecule is CC1CCCN1CCN1CCc2cc(I)ccc2C1. The third-order valence-electron chi connectivity index (χ3n) is 4.65. The molecule has 19 heavy (non-hydrogen) atoms. The van der Waals surface area contributed by atoms with Gasteiger partial charge < -0.3 is 0 Å². The summed E-state index contributed by atoms with van der Waals surface area (Å²) < 4.78 is 1.37. The first kappa shape index (κ1) is 13.8. The van der Waals surface area contributed by atoms with Crippen molar-refractivity contribution in [1.82, 2.24) is 9.80 Å². The number of hydrogen-bond donors (Lipinski definition) is 0. The molecule has 0 aromatic heterocycles. The van der Waals surface area contributed by atoms with Crippen LogP contribution in [0.5, 0.6) is 0 Å². The fourth-order valence-electron chi connectivity index (χ4n) is 3.37. The Morgan fingerprint density at radius 3 is 2.89 bits per heavy atom. The molecule has 0 bridgehead atoms. The summed E-state index contributed by atoms with van der Waals surface area (Å²) >= 11 is 2.42. The van der Waals surface area contributed by atoms with Crippen molar-refractivity contribution in [1.29, 1.82) is 0 Å². The largest absolute Gasteiger partial charge is 0.299 e. The third-order valence-corrected chi connectivity index (χ3v) is 5.32. The van der Waals surface area contributed by atoms with Crippen LogP contribution in [-0.4, -0.2) is 42.0 Å². The van der Waals surface area contributed by atoms with Crippen LogP contribution in [0.1, 0.15) is 30.9 Å². The maximum atomic E-state index is 2.66. The lowest BCUT2D eigenvalue weighted by molar-refractivity contribution is 0.189. The smallest absolute Gasteiger partial charge is 0.0237 e. The van der Waals surface area contributed by atoms with Crippen LogP contribution in [0.25, 0.3) is 0 Å². The van der Waals surface area contributed by atoms with Crippen molar-refractivity contribution in [2.24, 2.45) is 0 Å². The van der Waals surface area contributed by atoms with Crippen LogP contribution in [0, 0.1) is 3.57 Å². The predicted molar refractivity (Wildman–Crippen MR) is 88.4 cm³/mol. The average Bonchev–Trinajstić information content (AvgIpc) is 2.82. The molecule has 1 unspecified atom stereocenters. The second kappa shape index (κ2) is 6.10. The Hall–Kier alpha value is -0.130. The van der Waals surface area contributed by atoms with E-state index in [0.29, 0.717) is 0 Å². The number of nitrogens with zero attached hydrogens (tertiary/aromatic N) is 2. The molecular formula is C16H23IN2. The van der Waals surface area contributed by atoms with Gasteiger partial charge in [0.05, 0.1) is 0 Å². The van der Waals surface area contributed by atoms with Crippen LogP contribution in [0.4, 0.5) is 0 Å². The van der Waals surface area contributed by atoms with Gasteiger partial charge in [-0.05, 0) is 78.6 Å². The number of benzene rings is 1. The summed E-state index contributed by atoms with van der Waals surface area (Å²) in [5, 5.41) is 0. The highest BCUT2D eigenvalue weighted by molar-refractivity contribution is 14.1. The van der Waals surface area contributed by atoms with Crippen molar-refractivity contribution in [3.8, 4) is 0 Å². The molecule has 2 nitrogen and oxygen atoms in total. The monoisotopic (exact) mass is 370 g/mol. The molecule has 2 aliphatic heterocycles. The first-order chi connectivity index (χ1) is 9.22. The summed E-state index contributed by atoms with van der Waals surface area (Å²) in [7, 11) is 0. The van der Waals surface area contributed by atoms with E-state index in [4.69, 9.17) is 0 Å². The minimum atomic E-state index is 0.804. The van der Waals surface area contributed by atoms with Crippen molar-refractivity contribution in [3.05, 3.63) is 32.9 Å². The van der Waals surface area contributed by atoms with Gasteiger partial charge in [-0.3, -0.25) is 9.80 Å². The highest BCUT2D eigenvalue weighted by Gasteiger charge is 2.22.